The number of hydrogen-bond donors (Lipinski definition) is 0. The van der Waals surface area contributed by atoms with Gasteiger partial charge in [-0.25, -0.2) is 4.98 Å². The molecule has 0 fully saturated rings. The van der Waals surface area contributed by atoms with Gasteiger partial charge in [-0.1, -0.05) is 19.1 Å². The average molecular weight is 374 g/mol. The Balaban J connectivity index is 1.71. The minimum absolute atomic E-state index is 0.496. The van der Waals surface area contributed by atoms with E-state index in [9.17, 15) is 0 Å². The van der Waals surface area contributed by atoms with Crippen molar-refractivity contribution in [3.63, 3.8) is 0 Å². The minimum Gasteiger partial charge on any atom is -0.283 e. The lowest BCUT2D eigenvalue weighted by Gasteiger charge is -2.13. The van der Waals surface area contributed by atoms with Gasteiger partial charge in [0.05, 0.1) is 11.0 Å². The van der Waals surface area contributed by atoms with Gasteiger partial charge in [0.15, 0.2) is 0 Å². The number of para-hydroxylation sites is 2. The largest absolute Gasteiger partial charge is 0.283 e. The summed E-state index contributed by atoms with van der Waals surface area (Å²) in [6, 6.07) is 12.3. The van der Waals surface area contributed by atoms with Gasteiger partial charge in [-0.15, -0.1) is 0 Å². The van der Waals surface area contributed by atoms with Crippen LogP contribution in [0.5, 0.6) is 0 Å². The summed E-state index contributed by atoms with van der Waals surface area (Å²) in [6.45, 7) is 8.61. The standard InChI is InChI=1S/C23H27N5/c1-18(7-6-8-20-11-13-25-14-12-20)15-26-23(19(2)16-24-3)28-17-27-21-9-4-5-10-22(21)28/h4-5,9-14,16-18H,3,6-8,15H2,1-2H3/b19-16-,26-23?. The normalized spacial score (nSPS) is 13.6. The van der Waals surface area contributed by atoms with Crippen LogP contribution < -0.4 is 0 Å². The number of aliphatic imine (C=N–C) groups is 2. The predicted molar refractivity (Wildman–Crippen MR) is 117 cm³/mol. The van der Waals surface area contributed by atoms with E-state index in [4.69, 9.17) is 4.99 Å². The van der Waals surface area contributed by atoms with Crippen LogP contribution in [-0.4, -0.2) is 33.6 Å². The van der Waals surface area contributed by atoms with Crippen LogP contribution >= 0.6 is 0 Å². The van der Waals surface area contributed by atoms with Crippen molar-refractivity contribution in [2.45, 2.75) is 33.1 Å². The maximum absolute atomic E-state index is 4.93. The molecule has 0 saturated heterocycles. The molecule has 0 aliphatic rings. The Bertz CT molecular complexity index is 969. The molecule has 0 bridgehead atoms. The number of nitrogens with zero attached hydrogens (tertiary/aromatic N) is 5. The van der Waals surface area contributed by atoms with Crippen molar-refractivity contribution in [1.29, 1.82) is 0 Å². The molecule has 28 heavy (non-hydrogen) atoms. The number of hydrogen-bond acceptors (Lipinski definition) is 4. The lowest BCUT2D eigenvalue weighted by molar-refractivity contribution is 0.521. The van der Waals surface area contributed by atoms with E-state index in [1.54, 1.807) is 6.20 Å². The fourth-order valence-electron chi connectivity index (χ4n) is 3.25. The number of aryl methyl sites for hydroxylation is 1. The Hall–Kier alpha value is -3.08. The third kappa shape index (κ3) is 5.00. The fourth-order valence-corrected chi connectivity index (χ4v) is 3.25. The Labute approximate surface area is 166 Å². The number of benzene rings is 1. The van der Waals surface area contributed by atoms with E-state index in [-0.39, 0.29) is 0 Å². The van der Waals surface area contributed by atoms with E-state index in [2.05, 4.69) is 46.8 Å². The molecule has 1 aromatic carbocycles. The zero-order chi connectivity index (χ0) is 19.8. The first-order chi connectivity index (χ1) is 13.7. The molecule has 0 N–H and O–H groups in total. The van der Waals surface area contributed by atoms with Crippen LogP contribution in [-0.2, 0) is 6.42 Å². The van der Waals surface area contributed by atoms with Crippen LogP contribution in [0.25, 0.3) is 11.0 Å². The third-order valence-electron chi connectivity index (χ3n) is 4.78. The summed E-state index contributed by atoms with van der Waals surface area (Å²) >= 11 is 0. The van der Waals surface area contributed by atoms with Crippen LogP contribution in [0.1, 0.15) is 32.3 Å². The van der Waals surface area contributed by atoms with Crippen molar-refractivity contribution in [3.05, 3.63) is 72.5 Å². The van der Waals surface area contributed by atoms with Gasteiger partial charge in [-0.3, -0.25) is 19.5 Å². The van der Waals surface area contributed by atoms with E-state index in [0.717, 1.165) is 48.2 Å². The number of aromatic nitrogens is 3. The lowest BCUT2D eigenvalue weighted by atomic mass is 10.0. The molecule has 3 aromatic rings. The summed E-state index contributed by atoms with van der Waals surface area (Å²) in [7, 11) is 0. The molecular weight excluding hydrogens is 346 g/mol. The molecule has 1 unspecified atom stereocenters. The summed E-state index contributed by atoms with van der Waals surface area (Å²) in [5, 5.41) is 0. The van der Waals surface area contributed by atoms with Crippen LogP contribution in [0.4, 0.5) is 0 Å². The van der Waals surface area contributed by atoms with Crippen molar-refractivity contribution >= 4 is 23.6 Å². The fraction of sp³-hybridized carbons (Fsp3) is 0.304. The van der Waals surface area contributed by atoms with E-state index >= 15 is 0 Å². The minimum atomic E-state index is 0.496. The van der Waals surface area contributed by atoms with Gasteiger partial charge in [-0.2, -0.15) is 0 Å². The highest BCUT2D eigenvalue weighted by atomic mass is 15.1. The Morgan fingerprint density at radius 2 is 2.00 bits per heavy atom. The SMILES string of the molecule is C=N/C=C(/C)C(=NCC(C)CCCc1ccncc1)n1cnc2ccccc21. The molecule has 0 aliphatic heterocycles. The maximum Gasteiger partial charge on any atom is 0.137 e. The summed E-state index contributed by atoms with van der Waals surface area (Å²) in [5.74, 6) is 1.37. The van der Waals surface area contributed by atoms with Crippen molar-refractivity contribution < 1.29 is 0 Å². The molecule has 0 spiro atoms. The Morgan fingerprint density at radius 1 is 1.21 bits per heavy atom. The van der Waals surface area contributed by atoms with Crippen molar-refractivity contribution in [3.8, 4) is 0 Å². The van der Waals surface area contributed by atoms with Crippen molar-refractivity contribution in [1.82, 2.24) is 14.5 Å². The van der Waals surface area contributed by atoms with Gasteiger partial charge in [-0.05, 0) is 68.7 Å². The average Bonchev–Trinajstić information content (AvgIpc) is 3.13. The summed E-state index contributed by atoms with van der Waals surface area (Å²) in [5.41, 5.74) is 4.32. The van der Waals surface area contributed by atoms with Gasteiger partial charge in [0, 0.05) is 30.7 Å². The van der Waals surface area contributed by atoms with Crippen LogP contribution in [0.3, 0.4) is 0 Å². The molecule has 5 heteroatoms. The molecule has 1 atom stereocenters. The highest BCUT2D eigenvalue weighted by Crippen LogP contribution is 2.16. The van der Waals surface area contributed by atoms with Crippen molar-refractivity contribution in [2.24, 2.45) is 15.9 Å². The van der Waals surface area contributed by atoms with Crippen molar-refractivity contribution in [2.75, 3.05) is 6.54 Å². The summed E-state index contributed by atoms with van der Waals surface area (Å²) in [4.78, 5) is 17.4. The number of fused-ring (bicyclic) bond motifs is 1. The predicted octanol–water partition coefficient (Wildman–Crippen LogP) is 4.94. The molecule has 0 amide bonds. The second-order valence-corrected chi connectivity index (χ2v) is 7.12. The Kier molecular flexibility index (Phi) is 6.84. The molecule has 0 aliphatic carbocycles. The molecule has 2 aromatic heterocycles. The zero-order valence-electron chi connectivity index (χ0n) is 16.6. The molecule has 5 nitrogen and oxygen atoms in total. The molecule has 0 radical (unpaired) electrons. The van der Waals surface area contributed by atoms with Gasteiger partial charge in [0.25, 0.3) is 0 Å². The second-order valence-electron chi connectivity index (χ2n) is 7.12. The first-order valence-corrected chi connectivity index (χ1v) is 9.68. The summed E-state index contributed by atoms with van der Waals surface area (Å²) in [6.07, 6.45) is 10.6. The van der Waals surface area contributed by atoms with Crippen LogP contribution in [0, 0.1) is 5.92 Å². The molecular formula is C23H27N5. The topological polar surface area (TPSA) is 55.4 Å². The number of allylic oxidation sites excluding steroid dienone is 1. The van der Waals surface area contributed by atoms with Crippen LogP contribution in [0.2, 0.25) is 0 Å². The number of rotatable bonds is 8. The molecule has 144 valence electrons. The molecule has 3 rings (SSSR count). The van der Waals surface area contributed by atoms with E-state index in [0.29, 0.717) is 5.92 Å². The highest BCUT2D eigenvalue weighted by Gasteiger charge is 2.11. The van der Waals surface area contributed by atoms with Gasteiger partial charge < -0.3 is 0 Å². The monoisotopic (exact) mass is 373 g/mol. The zero-order valence-corrected chi connectivity index (χ0v) is 16.6. The number of pyridine rings is 1. The quantitative estimate of drug-likeness (QED) is 0.415. The Morgan fingerprint density at radius 3 is 2.79 bits per heavy atom. The van der Waals surface area contributed by atoms with E-state index in [1.807, 2.05) is 48.4 Å². The number of imidazole rings is 1. The van der Waals surface area contributed by atoms with E-state index < -0.39 is 0 Å². The summed E-state index contributed by atoms with van der Waals surface area (Å²) < 4.78 is 2.04. The lowest BCUT2D eigenvalue weighted by Crippen LogP contribution is -2.15. The smallest absolute Gasteiger partial charge is 0.137 e. The van der Waals surface area contributed by atoms with Crippen LogP contribution in [0.15, 0.2) is 76.9 Å². The second kappa shape index (κ2) is 9.74. The van der Waals surface area contributed by atoms with E-state index in [1.165, 1.54) is 5.56 Å². The first-order valence-electron chi connectivity index (χ1n) is 9.68. The van der Waals surface area contributed by atoms with Gasteiger partial charge in [0.1, 0.15) is 12.2 Å². The molecule has 0 saturated carbocycles. The van der Waals surface area contributed by atoms with Gasteiger partial charge in [0.2, 0.25) is 0 Å². The maximum atomic E-state index is 4.93. The molecule has 2 heterocycles. The third-order valence-corrected chi connectivity index (χ3v) is 4.78. The highest BCUT2D eigenvalue weighted by molar-refractivity contribution is 6.04. The van der Waals surface area contributed by atoms with Gasteiger partial charge >= 0.3 is 0 Å². The first kappa shape index (κ1) is 19.7.